The van der Waals surface area contributed by atoms with E-state index in [1.807, 2.05) is 11.0 Å². The monoisotopic (exact) mass is 260 g/mol. The van der Waals surface area contributed by atoms with Gasteiger partial charge < -0.3 is 10.2 Å². The van der Waals surface area contributed by atoms with Gasteiger partial charge in [0.05, 0.1) is 0 Å². The predicted octanol–water partition coefficient (Wildman–Crippen LogP) is 1.92. The summed E-state index contributed by atoms with van der Waals surface area (Å²) in [7, 11) is 0. The number of amides is 2. The highest BCUT2D eigenvalue weighted by molar-refractivity contribution is 5.74. The Morgan fingerprint density at radius 1 is 1.16 bits per heavy atom. The van der Waals surface area contributed by atoms with Crippen LogP contribution in [0.1, 0.15) is 18.9 Å². The van der Waals surface area contributed by atoms with Crippen LogP contribution in [0.4, 0.5) is 4.79 Å². The van der Waals surface area contributed by atoms with E-state index >= 15 is 0 Å². The number of piperazine rings is 1. The smallest absolute Gasteiger partial charge is 0.317 e. The van der Waals surface area contributed by atoms with Crippen LogP contribution in [0.3, 0.4) is 0 Å². The van der Waals surface area contributed by atoms with Crippen LogP contribution in [0.15, 0.2) is 30.3 Å². The van der Waals surface area contributed by atoms with Crippen LogP contribution in [-0.4, -0.2) is 48.6 Å². The number of carbonyl (C=O) groups is 1. The van der Waals surface area contributed by atoms with Crippen LogP contribution in [0.25, 0.3) is 0 Å². The summed E-state index contributed by atoms with van der Waals surface area (Å²) in [5.41, 5.74) is 1.34. The molecule has 4 heteroatoms. The minimum Gasteiger partial charge on any atom is -0.338 e. The molecule has 1 N–H and O–H groups in total. The molecule has 1 aromatic rings. The number of benzene rings is 1. The number of carbonyl (C=O) groups excluding carboxylic acids is 1. The summed E-state index contributed by atoms with van der Waals surface area (Å²) in [6, 6.07) is 10.6. The standard InChI is InChI=1S/C15H23N3O/c1-2-8-16-15(19)18-11-9-17(10-12-18)13-14-6-4-3-5-7-14/h3-7H,2,8-13H2,1H3,(H,16,19)/i15-1. The van der Waals surface area contributed by atoms with Gasteiger partial charge in [0.1, 0.15) is 0 Å². The lowest BCUT2D eigenvalue weighted by molar-refractivity contribution is 0.135. The number of hydrogen-bond donors (Lipinski definition) is 1. The molecule has 0 aliphatic carbocycles. The molecule has 1 aromatic carbocycles. The zero-order valence-electron chi connectivity index (χ0n) is 11.6. The first-order valence-electron chi connectivity index (χ1n) is 7.08. The number of hydrogen-bond acceptors (Lipinski definition) is 2. The highest BCUT2D eigenvalue weighted by atomic mass is 16.1. The van der Waals surface area contributed by atoms with Crippen LogP contribution in [0.5, 0.6) is 0 Å². The molecule has 1 heterocycles. The lowest BCUT2D eigenvalue weighted by atomic mass is 10.1. The molecule has 1 saturated heterocycles. The van der Waals surface area contributed by atoms with E-state index in [0.29, 0.717) is 0 Å². The second-order valence-corrected chi connectivity index (χ2v) is 4.98. The van der Waals surface area contributed by atoms with E-state index in [9.17, 15) is 4.79 Å². The molecule has 4 nitrogen and oxygen atoms in total. The van der Waals surface area contributed by atoms with Crippen LogP contribution in [0.2, 0.25) is 0 Å². The maximum atomic E-state index is 11.8. The van der Waals surface area contributed by atoms with Crippen molar-refractivity contribution in [3.05, 3.63) is 35.9 Å². The quantitative estimate of drug-likeness (QED) is 0.898. The van der Waals surface area contributed by atoms with Gasteiger partial charge in [0.25, 0.3) is 0 Å². The largest absolute Gasteiger partial charge is 0.338 e. The molecular formula is C15H23N3O. The van der Waals surface area contributed by atoms with Crippen molar-refractivity contribution in [3.63, 3.8) is 0 Å². The normalized spacial score (nSPS) is 16.4. The minimum atomic E-state index is 0.0845. The van der Waals surface area contributed by atoms with Crippen molar-refractivity contribution in [1.29, 1.82) is 0 Å². The fraction of sp³-hybridized carbons (Fsp3) is 0.533. The predicted molar refractivity (Wildman–Crippen MR) is 77.0 cm³/mol. The molecule has 104 valence electrons. The van der Waals surface area contributed by atoms with E-state index in [2.05, 4.69) is 41.4 Å². The van der Waals surface area contributed by atoms with E-state index in [1.165, 1.54) is 5.56 Å². The van der Waals surface area contributed by atoms with Crippen LogP contribution >= 0.6 is 0 Å². The Kier molecular flexibility index (Phi) is 5.21. The maximum Gasteiger partial charge on any atom is 0.317 e. The van der Waals surface area contributed by atoms with Gasteiger partial charge in [0.2, 0.25) is 0 Å². The van der Waals surface area contributed by atoms with E-state index < -0.39 is 0 Å². The zero-order chi connectivity index (χ0) is 13.5. The van der Waals surface area contributed by atoms with Gasteiger partial charge in [-0.15, -0.1) is 0 Å². The van der Waals surface area contributed by atoms with Gasteiger partial charge in [-0.05, 0) is 12.0 Å². The minimum absolute atomic E-state index is 0.0845. The maximum absolute atomic E-state index is 11.8. The number of rotatable bonds is 4. The van der Waals surface area contributed by atoms with Crippen molar-refractivity contribution in [1.82, 2.24) is 15.1 Å². The van der Waals surface area contributed by atoms with Crippen LogP contribution < -0.4 is 5.32 Å². The van der Waals surface area contributed by atoms with Crippen molar-refractivity contribution in [2.24, 2.45) is 0 Å². The van der Waals surface area contributed by atoms with Gasteiger partial charge in [0.15, 0.2) is 0 Å². The van der Waals surface area contributed by atoms with Crippen molar-refractivity contribution in [3.8, 4) is 0 Å². The molecule has 0 spiro atoms. The molecule has 0 bridgehead atoms. The average molecular weight is 260 g/mol. The highest BCUT2D eigenvalue weighted by Crippen LogP contribution is 2.08. The van der Waals surface area contributed by atoms with Crippen molar-refractivity contribution >= 4 is 6.03 Å². The van der Waals surface area contributed by atoms with E-state index in [4.69, 9.17) is 0 Å². The van der Waals surface area contributed by atoms with Crippen LogP contribution in [-0.2, 0) is 6.54 Å². The van der Waals surface area contributed by atoms with E-state index in [-0.39, 0.29) is 6.03 Å². The SMILES string of the molecule is CCCN[11C](=O)N1CCN(Cc2ccccc2)CC1. The third-order valence-corrected chi connectivity index (χ3v) is 3.43. The molecular weight excluding hydrogens is 237 g/mol. The molecule has 1 aliphatic heterocycles. The summed E-state index contributed by atoms with van der Waals surface area (Å²) in [5.74, 6) is 0. The molecule has 19 heavy (non-hydrogen) atoms. The Morgan fingerprint density at radius 3 is 2.47 bits per heavy atom. The van der Waals surface area contributed by atoms with Gasteiger partial charge in [-0.25, -0.2) is 4.79 Å². The molecule has 0 atom stereocenters. The molecule has 2 amide bonds. The summed E-state index contributed by atoms with van der Waals surface area (Å²) in [6.07, 6.45) is 0.986. The second-order valence-electron chi connectivity index (χ2n) is 4.98. The fourth-order valence-corrected chi connectivity index (χ4v) is 2.29. The van der Waals surface area contributed by atoms with E-state index in [0.717, 1.165) is 45.7 Å². The van der Waals surface area contributed by atoms with Gasteiger partial charge in [-0.1, -0.05) is 37.3 Å². The third-order valence-electron chi connectivity index (χ3n) is 3.43. The lowest BCUT2D eigenvalue weighted by Gasteiger charge is -2.34. The molecule has 1 fully saturated rings. The molecule has 2 rings (SSSR count). The fourth-order valence-electron chi connectivity index (χ4n) is 2.29. The Hall–Kier alpha value is -1.55. The summed E-state index contributed by atoms with van der Waals surface area (Å²) < 4.78 is 0. The zero-order valence-corrected chi connectivity index (χ0v) is 11.6. The number of nitrogens with one attached hydrogen (secondary N) is 1. The topological polar surface area (TPSA) is 35.6 Å². The molecule has 1 aliphatic rings. The van der Waals surface area contributed by atoms with Crippen molar-refractivity contribution in [2.75, 3.05) is 32.7 Å². The van der Waals surface area contributed by atoms with Gasteiger partial charge in [-0.2, -0.15) is 0 Å². The Labute approximate surface area is 115 Å². The molecule has 0 saturated carbocycles. The Morgan fingerprint density at radius 2 is 1.84 bits per heavy atom. The third kappa shape index (κ3) is 4.24. The second kappa shape index (κ2) is 7.14. The number of nitrogens with zero attached hydrogens (tertiary/aromatic N) is 2. The highest BCUT2D eigenvalue weighted by Gasteiger charge is 2.20. The Balaban J connectivity index is 1.75. The van der Waals surface area contributed by atoms with Crippen LogP contribution in [0, 0.1) is 0 Å². The Bertz CT molecular complexity index is 386. The molecule has 0 unspecified atom stereocenters. The number of urea groups is 1. The summed E-state index contributed by atoms with van der Waals surface area (Å²) in [6.45, 7) is 7.36. The first-order valence-corrected chi connectivity index (χ1v) is 7.08. The lowest BCUT2D eigenvalue weighted by Crippen LogP contribution is -2.51. The molecule has 0 aromatic heterocycles. The van der Waals surface area contributed by atoms with Crippen molar-refractivity contribution < 1.29 is 4.79 Å². The van der Waals surface area contributed by atoms with Gasteiger partial charge in [0, 0.05) is 39.3 Å². The average Bonchev–Trinajstić information content (AvgIpc) is 2.46. The first-order chi connectivity index (χ1) is 9.29. The summed E-state index contributed by atoms with van der Waals surface area (Å²) >= 11 is 0. The van der Waals surface area contributed by atoms with Crippen molar-refractivity contribution in [2.45, 2.75) is 19.9 Å². The van der Waals surface area contributed by atoms with Gasteiger partial charge >= 0.3 is 6.03 Å². The summed E-state index contributed by atoms with van der Waals surface area (Å²) in [4.78, 5) is 16.1. The molecule has 0 radical (unpaired) electrons. The first kappa shape index (κ1) is 13.9. The summed E-state index contributed by atoms with van der Waals surface area (Å²) in [5, 5.41) is 2.94. The van der Waals surface area contributed by atoms with E-state index in [1.54, 1.807) is 0 Å². The van der Waals surface area contributed by atoms with Gasteiger partial charge in [-0.3, -0.25) is 4.90 Å².